The van der Waals surface area contributed by atoms with Gasteiger partial charge in [0.05, 0.1) is 0 Å². The molecule has 2 unspecified atom stereocenters. The molecular formula is C12H19NO3. The number of rotatable bonds is 0. The first kappa shape index (κ1) is 11.4. The van der Waals surface area contributed by atoms with Crippen LogP contribution in [0.25, 0.3) is 0 Å². The van der Waals surface area contributed by atoms with Gasteiger partial charge >= 0.3 is 6.09 Å². The van der Waals surface area contributed by atoms with Crippen molar-refractivity contribution in [3.8, 4) is 0 Å². The molecule has 0 aromatic heterocycles. The summed E-state index contributed by atoms with van der Waals surface area (Å²) < 4.78 is 5.34. The van der Waals surface area contributed by atoms with Crippen molar-refractivity contribution in [2.45, 2.75) is 51.7 Å². The van der Waals surface area contributed by atoms with Gasteiger partial charge in [0.2, 0.25) is 0 Å². The second-order valence-electron chi connectivity index (χ2n) is 5.84. The summed E-state index contributed by atoms with van der Waals surface area (Å²) in [6.45, 7) is 6.26. The van der Waals surface area contributed by atoms with Crippen LogP contribution in [0.1, 0.15) is 40.0 Å². The number of amides is 1. The summed E-state index contributed by atoms with van der Waals surface area (Å²) in [5.74, 6) is 0.645. The molecule has 1 saturated heterocycles. The third-order valence-electron chi connectivity index (χ3n) is 3.11. The molecule has 4 heteroatoms. The molecule has 0 aromatic rings. The van der Waals surface area contributed by atoms with Gasteiger partial charge in [-0.2, -0.15) is 0 Å². The maximum atomic E-state index is 11.9. The maximum absolute atomic E-state index is 11.9. The van der Waals surface area contributed by atoms with E-state index in [0.29, 0.717) is 25.3 Å². The standard InChI is InChI=1S/C12H19NO3/c1-12(2,3)16-11(15)13-7-8-4-9(13)6-10(14)5-8/h8-9H,4-7H2,1-3H3. The average Bonchev–Trinajstić information content (AvgIpc) is 2.38. The third-order valence-corrected chi connectivity index (χ3v) is 3.11. The van der Waals surface area contributed by atoms with E-state index in [1.807, 2.05) is 20.8 Å². The summed E-state index contributed by atoms with van der Waals surface area (Å²) in [6, 6.07) is 0.0844. The van der Waals surface area contributed by atoms with Crippen LogP contribution in [-0.4, -0.2) is 35.0 Å². The van der Waals surface area contributed by atoms with E-state index < -0.39 is 5.60 Å². The Morgan fingerprint density at radius 3 is 2.69 bits per heavy atom. The first-order valence-electron chi connectivity index (χ1n) is 5.86. The molecule has 1 heterocycles. The van der Waals surface area contributed by atoms with Crippen LogP contribution in [0.2, 0.25) is 0 Å². The lowest BCUT2D eigenvalue weighted by molar-refractivity contribution is -0.121. The fraction of sp³-hybridized carbons (Fsp3) is 0.833. The van der Waals surface area contributed by atoms with Crippen molar-refractivity contribution in [3.63, 3.8) is 0 Å². The number of hydrogen-bond acceptors (Lipinski definition) is 3. The van der Waals surface area contributed by atoms with E-state index in [1.54, 1.807) is 4.90 Å². The van der Waals surface area contributed by atoms with Gasteiger partial charge < -0.3 is 9.64 Å². The van der Waals surface area contributed by atoms with Crippen LogP contribution < -0.4 is 0 Å². The highest BCUT2D eigenvalue weighted by Gasteiger charge is 2.42. The van der Waals surface area contributed by atoms with E-state index in [4.69, 9.17) is 4.74 Å². The number of ether oxygens (including phenoxy) is 1. The zero-order chi connectivity index (χ0) is 11.9. The fourth-order valence-electron chi connectivity index (χ4n) is 2.57. The highest BCUT2D eigenvalue weighted by atomic mass is 16.6. The molecule has 2 rings (SSSR count). The summed E-state index contributed by atoms with van der Waals surface area (Å²) >= 11 is 0. The van der Waals surface area contributed by atoms with E-state index in [0.717, 1.165) is 6.42 Å². The molecule has 2 fully saturated rings. The molecule has 2 bridgehead atoms. The van der Waals surface area contributed by atoms with Gasteiger partial charge in [0.1, 0.15) is 11.4 Å². The van der Waals surface area contributed by atoms with E-state index >= 15 is 0 Å². The highest BCUT2D eigenvalue weighted by Crippen LogP contribution is 2.34. The Balaban J connectivity index is 2.01. The van der Waals surface area contributed by atoms with Gasteiger partial charge in [-0.25, -0.2) is 4.79 Å². The van der Waals surface area contributed by atoms with Crippen LogP contribution in [0, 0.1) is 5.92 Å². The van der Waals surface area contributed by atoms with Gasteiger partial charge in [0.25, 0.3) is 0 Å². The fourth-order valence-corrected chi connectivity index (χ4v) is 2.57. The first-order chi connectivity index (χ1) is 7.35. The van der Waals surface area contributed by atoms with Crippen LogP contribution in [0.5, 0.6) is 0 Å². The summed E-state index contributed by atoms with van der Waals surface area (Å²) in [5, 5.41) is 0. The van der Waals surface area contributed by atoms with Crippen LogP contribution in [0.4, 0.5) is 4.79 Å². The van der Waals surface area contributed by atoms with Gasteiger partial charge in [-0.05, 0) is 33.1 Å². The van der Waals surface area contributed by atoms with E-state index in [1.165, 1.54) is 0 Å². The normalized spacial score (nSPS) is 29.4. The van der Waals surface area contributed by atoms with Crippen LogP contribution >= 0.6 is 0 Å². The quantitative estimate of drug-likeness (QED) is 0.633. The smallest absolute Gasteiger partial charge is 0.410 e. The zero-order valence-electron chi connectivity index (χ0n) is 10.2. The largest absolute Gasteiger partial charge is 0.444 e. The minimum Gasteiger partial charge on any atom is -0.444 e. The predicted octanol–water partition coefficient (Wildman–Crippen LogP) is 1.97. The summed E-state index contributed by atoms with van der Waals surface area (Å²) in [5.41, 5.74) is -0.461. The Kier molecular flexibility index (Phi) is 2.68. The molecule has 0 radical (unpaired) electrons. The molecule has 1 saturated carbocycles. The number of Topliss-reactive ketones (excluding diaryl/α,β-unsaturated/α-hetero) is 1. The molecule has 0 N–H and O–H groups in total. The molecule has 2 atom stereocenters. The van der Waals surface area contributed by atoms with Crippen molar-refractivity contribution >= 4 is 11.9 Å². The monoisotopic (exact) mass is 225 g/mol. The number of ketones is 1. The van der Waals surface area contributed by atoms with Gasteiger partial charge in [-0.1, -0.05) is 0 Å². The first-order valence-corrected chi connectivity index (χ1v) is 5.86. The number of carbonyl (C=O) groups excluding carboxylic acids is 2. The Morgan fingerprint density at radius 1 is 1.38 bits per heavy atom. The molecule has 90 valence electrons. The number of carbonyl (C=O) groups is 2. The molecule has 1 aliphatic heterocycles. The van der Waals surface area contributed by atoms with Crippen molar-refractivity contribution in [1.82, 2.24) is 4.90 Å². The van der Waals surface area contributed by atoms with E-state index in [2.05, 4.69) is 0 Å². The lowest BCUT2D eigenvalue weighted by atomic mass is 9.89. The summed E-state index contributed by atoms with van der Waals surface area (Å²) in [4.78, 5) is 25.0. The zero-order valence-corrected chi connectivity index (χ0v) is 10.2. The third kappa shape index (κ3) is 2.36. The molecule has 1 aliphatic carbocycles. The van der Waals surface area contributed by atoms with Crippen LogP contribution in [0.3, 0.4) is 0 Å². The van der Waals surface area contributed by atoms with Crippen LogP contribution in [0.15, 0.2) is 0 Å². The second-order valence-corrected chi connectivity index (χ2v) is 5.84. The van der Waals surface area contributed by atoms with Gasteiger partial charge in [0.15, 0.2) is 0 Å². The Labute approximate surface area is 95.9 Å². The highest BCUT2D eigenvalue weighted by molar-refractivity contribution is 5.82. The lowest BCUT2D eigenvalue weighted by Gasteiger charge is -2.28. The predicted molar refractivity (Wildman–Crippen MR) is 59.1 cm³/mol. The van der Waals surface area contributed by atoms with E-state index in [9.17, 15) is 9.59 Å². The Bertz CT molecular complexity index is 319. The van der Waals surface area contributed by atoms with Gasteiger partial charge in [0, 0.05) is 25.4 Å². The summed E-state index contributed by atoms with van der Waals surface area (Å²) in [6.07, 6.45) is 1.84. The van der Waals surface area contributed by atoms with Crippen molar-refractivity contribution < 1.29 is 14.3 Å². The molecule has 16 heavy (non-hydrogen) atoms. The number of fused-ring (bicyclic) bond motifs is 2. The molecule has 0 aromatic carbocycles. The number of hydrogen-bond donors (Lipinski definition) is 0. The number of nitrogens with zero attached hydrogens (tertiary/aromatic N) is 1. The van der Waals surface area contributed by atoms with Crippen LogP contribution in [-0.2, 0) is 9.53 Å². The average molecular weight is 225 g/mol. The van der Waals surface area contributed by atoms with Crippen molar-refractivity contribution in [2.24, 2.45) is 5.92 Å². The molecule has 4 nitrogen and oxygen atoms in total. The second kappa shape index (κ2) is 3.75. The van der Waals surface area contributed by atoms with Gasteiger partial charge in [-0.15, -0.1) is 0 Å². The summed E-state index contributed by atoms with van der Waals surface area (Å²) in [7, 11) is 0. The SMILES string of the molecule is CC(C)(C)OC(=O)N1CC2CC(=O)CC1C2. The van der Waals surface area contributed by atoms with Gasteiger partial charge in [-0.3, -0.25) is 4.79 Å². The minimum atomic E-state index is -0.461. The molecular weight excluding hydrogens is 206 g/mol. The van der Waals surface area contributed by atoms with Crippen molar-refractivity contribution in [3.05, 3.63) is 0 Å². The molecule has 0 spiro atoms. The van der Waals surface area contributed by atoms with Crippen molar-refractivity contribution in [1.29, 1.82) is 0 Å². The molecule has 1 amide bonds. The van der Waals surface area contributed by atoms with Crippen molar-refractivity contribution in [2.75, 3.05) is 6.54 Å². The lowest BCUT2D eigenvalue weighted by Crippen LogP contribution is -2.40. The Hall–Kier alpha value is -1.06. The maximum Gasteiger partial charge on any atom is 0.410 e. The number of likely N-dealkylation sites (tertiary alicyclic amines) is 1. The topological polar surface area (TPSA) is 46.6 Å². The molecule has 2 aliphatic rings. The minimum absolute atomic E-state index is 0.0844. The Morgan fingerprint density at radius 2 is 2.06 bits per heavy atom. The van der Waals surface area contributed by atoms with E-state index in [-0.39, 0.29) is 17.9 Å².